The molecule has 0 atom stereocenters. The van der Waals surface area contributed by atoms with Crippen molar-refractivity contribution in [3.63, 3.8) is 0 Å². The standard InChI is InChI=1S/C20H23BrN2O4S/c21-16-7-6-8-17(15-16)27-14-11-22-20(24)18-9-2-3-10-19(18)28(25,26)23-12-4-1-5-13-23/h2-3,6-10,15H,1,4-5,11-14H2,(H,22,24). The first-order chi connectivity index (χ1) is 13.5. The zero-order valence-corrected chi connectivity index (χ0v) is 17.8. The molecule has 3 rings (SSSR count). The fourth-order valence-corrected chi connectivity index (χ4v) is 5.19. The van der Waals surface area contributed by atoms with Gasteiger partial charge in [-0.05, 0) is 43.2 Å². The van der Waals surface area contributed by atoms with Crippen LogP contribution in [0.15, 0.2) is 57.9 Å². The lowest BCUT2D eigenvalue weighted by molar-refractivity contribution is 0.0943. The maximum absolute atomic E-state index is 13.0. The molecule has 1 amide bonds. The highest BCUT2D eigenvalue weighted by atomic mass is 79.9. The number of ether oxygens (including phenoxy) is 1. The van der Waals surface area contributed by atoms with Crippen LogP contribution in [-0.4, -0.2) is 44.9 Å². The van der Waals surface area contributed by atoms with Crippen molar-refractivity contribution in [2.75, 3.05) is 26.2 Å². The van der Waals surface area contributed by atoms with Crippen LogP contribution in [0.4, 0.5) is 0 Å². The largest absolute Gasteiger partial charge is 0.492 e. The van der Waals surface area contributed by atoms with Crippen LogP contribution >= 0.6 is 15.9 Å². The lowest BCUT2D eigenvalue weighted by atomic mass is 10.2. The van der Waals surface area contributed by atoms with Crippen LogP contribution in [0, 0.1) is 0 Å². The summed E-state index contributed by atoms with van der Waals surface area (Å²) in [6.45, 7) is 1.55. The maximum Gasteiger partial charge on any atom is 0.252 e. The Kier molecular flexibility index (Phi) is 7.09. The summed E-state index contributed by atoms with van der Waals surface area (Å²) in [5.41, 5.74) is 0.163. The lowest BCUT2D eigenvalue weighted by Crippen LogP contribution is -2.37. The van der Waals surface area contributed by atoms with E-state index in [1.54, 1.807) is 18.2 Å². The quantitative estimate of drug-likeness (QED) is 0.634. The molecule has 1 aliphatic heterocycles. The summed E-state index contributed by atoms with van der Waals surface area (Å²) in [5.74, 6) is 0.269. The van der Waals surface area contributed by atoms with E-state index >= 15 is 0 Å². The molecule has 1 saturated heterocycles. The molecule has 0 aromatic heterocycles. The highest BCUT2D eigenvalue weighted by Gasteiger charge is 2.29. The summed E-state index contributed by atoms with van der Waals surface area (Å²) in [7, 11) is -3.68. The average molecular weight is 467 g/mol. The van der Waals surface area contributed by atoms with Gasteiger partial charge in [0.05, 0.1) is 17.0 Å². The molecule has 0 spiro atoms. The van der Waals surface area contributed by atoms with Crippen LogP contribution in [-0.2, 0) is 10.0 Å². The van der Waals surface area contributed by atoms with E-state index in [9.17, 15) is 13.2 Å². The molecular weight excluding hydrogens is 444 g/mol. The molecule has 28 heavy (non-hydrogen) atoms. The number of halogens is 1. The number of amides is 1. The first-order valence-corrected chi connectivity index (χ1v) is 11.5. The molecule has 0 aliphatic carbocycles. The Morgan fingerprint density at radius 2 is 1.82 bits per heavy atom. The molecule has 1 fully saturated rings. The first-order valence-electron chi connectivity index (χ1n) is 9.24. The predicted molar refractivity (Wildman–Crippen MR) is 111 cm³/mol. The van der Waals surface area contributed by atoms with Gasteiger partial charge in [0, 0.05) is 17.6 Å². The minimum absolute atomic E-state index is 0.0577. The number of hydrogen-bond acceptors (Lipinski definition) is 4. The number of carbonyl (C=O) groups excluding carboxylic acids is 1. The predicted octanol–water partition coefficient (Wildman–Crippen LogP) is 3.43. The second kappa shape index (κ2) is 9.54. The van der Waals surface area contributed by atoms with Crippen molar-refractivity contribution in [2.45, 2.75) is 24.2 Å². The third-order valence-corrected chi connectivity index (χ3v) is 6.97. The highest BCUT2D eigenvalue weighted by molar-refractivity contribution is 9.10. The molecule has 2 aromatic rings. The van der Waals surface area contributed by atoms with E-state index in [1.807, 2.05) is 24.3 Å². The van der Waals surface area contributed by atoms with Gasteiger partial charge in [-0.15, -0.1) is 0 Å². The molecule has 1 heterocycles. The average Bonchev–Trinajstić information content (AvgIpc) is 2.72. The van der Waals surface area contributed by atoms with E-state index in [0.29, 0.717) is 18.8 Å². The highest BCUT2D eigenvalue weighted by Crippen LogP contribution is 2.23. The Balaban J connectivity index is 1.64. The van der Waals surface area contributed by atoms with Gasteiger partial charge in [-0.1, -0.05) is 40.5 Å². The summed E-state index contributed by atoms with van der Waals surface area (Å²) >= 11 is 3.37. The summed E-state index contributed by atoms with van der Waals surface area (Å²) in [6, 6.07) is 13.8. The minimum atomic E-state index is -3.68. The smallest absolute Gasteiger partial charge is 0.252 e. The Hall–Kier alpha value is -1.90. The molecule has 0 unspecified atom stereocenters. The second-order valence-corrected chi connectivity index (χ2v) is 9.34. The van der Waals surface area contributed by atoms with Crippen LogP contribution in [0.3, 0.4) is 0 Å². The third-order valence-electron chi connectivity index (χ3n) is 4.52. The summed E-state index contributed by atoms with van der Waals surface area (Å²) < 4.78 is 33.9. The van der Waals surface area contributed by atoms with Crippen LogP contribution in [0.25, 0.3) is 0 Å². The Morgan fingerprint density at radius 3 is 2.57 bits per heavy atom. The number of nitrogens with zero attached hydrogens (tertiary/aromatic N) is 1. The summed E-state index contributed by atoms with van der Waals surface area (Å²) in [5, 5.41) is 2.74. The fraction of sp³-hybridized carbons (Fsp3) is 0.350. The van der Waals surface area contributed by atoms with Gasteiger partial charge in [0.25, 0.3) is 5.91 Å². The van der Waals surface area contributed by atoms with E-state index in [2.05, 4.69) is 21.2 Å². The minimum Gasteiger partial charge on any atom is -0.492 e. The molecule has 6 nitrogen and oxygen atoms in total. The molecule has 150 valence electrons. The Bertz CT molecular complexity index is 927. The van der Waals surface area contributed by atoms with Crippen molar-refractivity contribution in [2.24, 2.45) is 0 Å². The lowest BCUT2D eigenvalue weighted by Gasteiger charge is -2.26. The SMILES string of the molecule is O=C(NCCOc1cccc(Br)c1)c1ccccc1S(=O)(=O)N1CCCCC1. The van der Waals surface area contributed by atoms with Gasteiger partial charge in [0.15, 0.2) is 0 Å². The molecule has 1 aliphatic rings. The van der Waals surface area contributed by atoms with Crippen molar-refractivity contribution in [3.05, 3.63) is 58.6 Å². The number of rotatable bonds is 7. The monoisotopic (exact) mass is 466 g/mol. The molecule has 2 aromatic carbocycles. The van der Waals surface area contributed by atoms with Crippen molar-refractivity contribution in [3.8, 4) is 5.75 Å². The van der Waals surface area contributed by atoms with Crippen LogP contribution in [0.5, 0.6) is 5.75 Å². The number of hydrogen-bond donors (Lipinski definition) is 1. The Morgan fingerprint density at radius 1 is 1.07 bits per heavy atom. The number of carbonyl (C=O) groups is 1. The first kappa shape index (κ1) is 20.8. The van der Waals surface area contributed by atoms with Crippen molar-refractivity contribution < 1.29 is 17.9 Å². The number of piperidine rings is 1. The van der Waals surface area contributed by atoms with Gasteiger partial charge in [0.1, 0.15) is 12.4 Å². The normalized spacial score (nSPS) is 15.2. The van der Waals surface area contributed by atoms with Gasteiger partial charge in [-0.2, -0.15) is 4.31 Å². The number of nitrogens with one attached hydrogen (secondary N) is 1. The maximum atomic E-state index is 13.0. The fourth-order valence-electron chi connectivity index (χ4n) is 3.11. The summed E-state index contributed by atoms with van der Waals surface area (Å²) in [6.07, 6.45) is 2.73. The van der Waals surface area contributed by atoms with Gasteiger partial charge in [-0.25, -0.2) is 8.42 Å². The molecular formula is C20H23BrN2O4S. The molecule has 1 N–H and O–H groups in total. The second-order valence-electron chi connectivity index (χ2n) is 6.52. The van der Waals surface area contributed by atoms with E-state index in [4.69, 9.17) is 4.74 Å². The van der Waals surface area contributed by atoms with Gasteiger partial charge >= 0.3 is 0 Å². The van der Waals surface area contributed by atoms with E-state index in [-0.39, 0.29) is 23.6 Å². The number of sulfonamides is 1. The zero-order chi connectivity index (χ0) is 20.0. The van der Waals surface area contributed by atoms with Gasteiger partial charge in [0.2, 0.25) is 10.0 Å². The molecule has 0 bridgehead atoms. The van der Waals surface area contributed by atoms with E-state index in [0.717, 1.165) is 23.7 Å². The van der Waals surface area contributed by atoms with E-state index in [1.165, 1.54) is 10.4 Å². The topological polar surface area (TPSA) is 75.7 Å². The van der Waals surface area contributed by atoms with Crippen molar-refractivity contribution in [1.82, 2.24) is 9.62 Å². The van der Waals surface area contributed by atoms with Crippen LogP contribution in [0.1, 0.15) is 29.6 Å². The van der Waals surface area contributed by atoms with Crippen molar-refractivity contribution >= 4 is 31.9 Å². The molecule has 0 saturated carbocycles. The van der Waals surface area contributed by atoms with Crippen LogP contribution in [0.2, 0.25) is 0 Å². The van der Waals surface area contributed by atoms with Crippen LogP contribution < -0.4 is 10.1 Å². The number of benzene rings is 2. The zero-order valence-electron chi connectivity index (χ0n) is 15.4. The van der Waals surface area contributed by atoms with Crippen molar-refractivity contribution in [1.29, 1.82) is 0 Å². The molecule has 8 heteroatoms. The molecule has 0 radical (unpaired) electrons. The Labute approximate surface area is 174 Å². The van der Waals surface area contributed by atoms with Gasteiger partial charge < -0.3 is 10.1 Å². The third kappa shape index (κ3) is 5.12. The van der Waals surface area contributed by atoms with Gasteiger partial charge in [-0.3, -0.25) is 4.79 Å². The summed E-state index contributed by atoms with van der Waals surface area (Å²) in [4.78, 5) is 12.7. The van der Waals surface area contributed by atoms with E-state index < -0.39 is 15.9 Å².